The van der Waals surface area contributed by atoms with Crippen LogP contribution in [0, 0.1) is 0 Å². The van der Waals surface area contributed by atoms with E-state index in [1.54, 1.807) is 18.2 Å². The molecule has 1 amide bonds. The number of rotatable bonds is 3. The van der Waals surface area contributed by atoms with Crippen molar-refractivity contribution in [3.63, 3.8) is 0 Å². The van der Waals surface area contributed by atoms with Crippen molar-refractivity contribution in [2.24, 2.45) is 0 Å². The van der Waals surface area contributed by atoms with Crippen molar-refractivity contribution in [3.8, 4) is 0 Å². The first-order chi connectivity index (χ1) is 8.02. The number of halogens is 1. The van der Waals surface area contributed by atoms with Crippen molar-refractivity contribution >= 4 is 34.8 Å². The molecule has 0 aliphatic carbocycles. The smallest absolute Gasteiger partial charge is 0.299 e. The Hall–Kier alpha value is -1.68. The van der Waals surface area contributed by atoms with Gasteiger partial charge in [0.2, 0.25) is 0 Å². The third kappa shape index (κ3) is 1.96. The third-order valence-electron chi connectivity index (χ3n) is 2.64. The molecule has 0 atom stereocenters. The zero-order valence-corrected chi connectivity index (χ0v) is 9.95. The zero-order valence-electron chi connectivity index (χ0n) is 9.20. The van der Waals surface area contributed by atoms with Crippen LogP contribution in [0.3, 0.4) is 0 Å². The van der Waals surface area contributed by atoms with Crippen molar-refractivity contribution in [3.05, 3.63) is 28.8 Å². The van der Waals surface area contributed by atoms with Crippen LogP contribution in [0.5, 0.6) is 0 Å². The van der Waals surface area contributed by atoms with Crippen LogP contribution in [0.2, 0.25) is 5.02 Å². The van der Waals surface area contributed by atoms with Gasteiger partial charge in [-0.3, -0.25) is 14.4 Å². The fraction of sp³-hybridized carbons (Fsp3) is 0.250. The zero-order chi connectivity index (χ0) is 12.6. The molecule has 0 spiro atoms. The molecule has 5 heteroatoms. The highest BCUT2D eigenvalue weighted by Crippen LogP contribution is 2.33. The van der Waals surface area contributed by atoms with E-state index in [0.29, 0.717) is 5.69 Å². The number of fused-ring (bicyclic) bond motifs is 1. The van der Waals surface area contributed by atoms with Gasteiger partial charge in [-0.1, -0.05) is 17.7 Å². The highest BCUT2D eigenvalue weighted by atomic mass is 35.5. The molecule has 1 aliphatic heterocycles. The van der Waals surface area contributed by atoms with Crippen LogP contribution in [0.15, 0.2) is 18.2 Å². The van der Waals surface area contributed by atoms with Gasteiger partial charge < -0.3 is 4.90 Å². The number of anilines is 1. The average molecular weight is 252 g/mol. The number of ketones is 2. The fourth-order valence-electron chi connectivity index (χ4n) is 1.79. The molecule has 0 radical (unpaired) electrons. The van der Waals surface area contributed by atoms with Crippen molar-refractivity contribution < 1.29 is 14.4 Å². The molecule has 1 aromatic carbocycles. The van der Waals surface area contributed by atoms with Gasteiger partial charge in [-0.05, 0) is 19.1 Å². The Bertz CT molecular complexity index is 524. The number of hydrogen-bond acceptors (Lipinski definition) is 3. The van der Waals surface area contributed by atoms with E-state index in [2.05, 4.69) is 0 Å². The van der Waals surface area contributed by atoms with E-state index >= 15 is 0 Å². The van der Waals surface area contributed by atoms with Gasteiger partial charge in [0, 0.05) is 13.0 Å². The molecule has 0 fully saturated rings. The molecule has 0 unspecified atom stereocenters. The molecule has 0 saturated carbocycles. The number of Topliss-reactive ketones (excluding diaryl/α,β-unsaturated/α-hetero) is 2. The maximum atomic E-state index is 11.7. The molecule has 0 N–H and O–H groups in total. The van der Waals surface area contributed by atoms with Gasteiger partial charge in [0.1, 0.15) is 5.78 Å². The van der Waals surface area contributed by atoms with Crippen LogP contribution in [0.1, 0.15) is 23.7 Å². The molecule has 2 rings (SSSR count). The van der Waals surface area contributed by atoms with E-state index in [1.165, 1.54) is 11.8 Å². The monoisotopic (exact) mass is 251 g/mol. The lowest BCUT2D eigenvalue weighted by Gasteiger charge is -2.15. The molecule has 0 aromatic heterocycles. The van der Waals surface area contributed by atoms with Crippen LogP contribution in [-0.4, -0.2) is 24.0 Å². The second-order valence-corrected chi connectivity index (χ2v) is 4.28. The van der Waals surface area contributed by atoms with Crippen molar-refractivity contribution in [1.82, 2.24) is 0 Å². The quantitative estimate of drug-likeness (QED) is 0.771. The van der Waals surface area contributed by atoms with E-state index in [9.17, 15) is 14.4 Å². The molecule has 1 aromatic rings. The molecule has 0 bridgehead atoms. The molecule has 88 valence electrons. The van der Waals surface area contributed by atoms with Gasteiger partial charge in [0.05, 0.1) is 16.3 Å². The first kappa shape index (κ1) is 11.8. The van der Waals surface area contributed by atoms with Gasteiger partial charge in [-0.2, -0.15) is 0 Å². The maximum absolute atomic E-state index is 11.7. The number of benzene rings is 1. The van der Waals surface area contributed by atoms with E-state index in [0.717, 1.165) is 0 Å². The average Bonchev–Trinajstić information content (AvgIpc) is 2.51. The van der Waals surface area contributed by atoms with E-state index < -0.39 is 11.7 Å². The van der Waals surface area contributed by atoms with Crippen LogP contribution in [-0.2, 0) is 9.59 Å². The summed E-state index contributed by atoms with van der Waals surface area (Å²) in [4.78, 5) is 35.7. The Morgan fingerprint density at radius 2 is 2.06 bits per heavy atom. The Morgan fingerprint density at radius 1 is 1.35 bits per heavy atom. The highest BCUT2D eigenvalue weighted by molar-refractivity contribution is 6.55. The van der Waals surface area contributed by atoms with Gasteiger partial charge in [-0.15, -0.1) is 0 Å². The summed E-state index contributed by atoms with van der Waals surface area (Å²) in [5, 5.41) is 0.270. The van der Waals surface area contributed by atoms with Crippen LogP contribution in [0.25, 0.3) is 0 Å². The Kier molecular flexibility index (Phi) is 2.98. The van der Waals surface area contributed by atoms with Crippen molar-refractivity contribution in [2.75, 3.05) is 11.4 Å². The second-order valence-electron chi connectivity index (χ2n) is 3.87. The fourth-order valence-corrected chi connectivity index (χ4v) is 2.05. The second kappa shape index (κ2) is 4.30. The Balaban J connectivity index is 2.38. The minimum absolute atomic E-state index is 0.0271. The molecule has 1 aliphatic rings. The van der Waals surface area contributed by atoms with Crippen molar-refractivity contribution in [2.45, 2.75) is 13.3 Å². The molecular formula is C12H10ClNO3. The lowest BCUT2D eigenvalue weighted by atomic mass is 10.1. The summed E-state index contributed by atoms with van der Waals surface area (Å²) in [5.41, 5.74) is 0.733. The standard InChI is InChI=1S/C12H10ClNO3/c1-7(15)5-6-14-9-4-2-3-8(13)10(9)11(16)12(14)17/h2-4H,5-6H2,1H3. The SMILES string of the molecule is CC(=O)CCN1C(=O)C(=O)c2c(Cl)cccc21. The number of hydrogen-bond donors (Lipinski definition) is 0. The lowest BCUT2D eigenvalue weighted by molar-refractivity contribution is -0.117. The van der Waals surface area contributed by atoms with Crippen LogP contribution >= 0.6 is 11.6 Å². The number of carbonyl (C=O) groups is 3. The first-order valence-electron chi connectivity index (χ1n) is 5.16. The summed E-state index contributed by atoms with van der Waals surface area (Å²) in [6, 6.07) is 4.90. The van der Waals surface area contributed by atoms with Gasteiger partial charge >= 0.3 is 0 Å². The molecule has 0 saturated heterocycles. The summed E-state index contributed by atoms with van der Waals surface area (Å²) >= 11 is 5.89. The highest BCUT2D eigenvalue weighted by Gasteiger charge is 2.37. The Morgan fingerprint density at radius 3 is 2.71 bits per heavy atom. The molecule has 17 heavy (non-hydrogen) atoms. The number of amides is 1. The van der Waals surface area contributed by atoms with Crippen LogP contribution in [0.4, 0.5) is 5.69 Å². The van der Waals surface area contributed by atoms with E-state index in [4.69, 9.17) is 11.6 Å². The molecule has 4 nitrogen and oxygen atoms in total. The van der Waals surface area contributed by atoms with Crippen LogP contribution < -0.4 is 4.90 Å². The topological polar surface area (TPSA) is 54.5 Å². The molecule has 1 heterocycles. The van der Waals surface area contributed by atoms with Crippen molar-refractivity contribution in [1.29, 1.82) is 0 Å². The van der Waals surface area contributed by atoms with Gasteiger partial charge in [-0.25, -0.2) is 0 Å². The summed E-state index contributed by atoms with van der Waals surface area (Å²) in [6.07, 6.45) is 0.227. The summed E-state index contributed by atoms with van der Waals surface area (Å²) in [7, 11) is 0. The number of nitrogens with zero attached hydrogens (tertiary/aromatic N) is 1. The minimum atomic E-state index is -0.616. The normalized spacial score (nSPS) is 14.1. The predicted octanol–water partition coefficient (Wildman–Crippen LogP) is 1.85. The van der Waals surface area contributed by atoms with E-state index in [1.807, 2.05) is 0 Å². The van der Waals surface area contributed by atoms with Gasteiger partial charge in [0.25, 0.3) is 11.7 Å². The summed E-state index contributed by atoms with van der Waals surface area (Å²) < 4.78 is 0. The van der Waals surface area contributed by atoms with Gasteiger partial charge in [0.15, 0.2) is 0 Å². The first-order valence-corrected chi connectivity index (χ1v) is 5.54. The largest absolute Gasteiger partial charge is 0.304 e. The van der Waals surface area contributed by atoms with E-state index in [-0.39, 0.29) is 29.3 Å². The third-order valence-corrected chi connectivity index (χ3v) is 2.95. The summed E-state index contributed by atoms with van der Waals surface area (Å²) in [6.45, 7) is 1.66. The predicted molar refractivity (Wildman–Crippen MR) is 63.4 cm³/mol. The minimum Gasteiger partial charge on any atom is -0.304 e. The lowest BCUT2D eigenvalue weighted by Crippen LogP contribution is -2.31. The molecular weight excluding hydrogens is 242 g/mol. The maximum Gasteiger partial charge on any atom is 0.299 e. The number of carbonyl (C=O) groups excluding carboxylic acids is 3. The summed E-state index contributed by atoms with van der Waals surface area (Å²) in [5.74, 6) is -1.25. The Labute approximate surface area is 103 Å².